The second kappa shape index (κ2) is 10.5. The van der Waals surface area contributed by atoms with Gasteiger partial charge in [-0.2, -0.15) is 5.10 Å². The molecule has 1 aliphatic rings. The van der Waals surface area contributed by atoms with E-state index >= 15 is 0 Å². The zero-order valence-corrected chi connectivity index (χ0v) is 16.8. The number of nitrogens with zero attached hydrogens (tertiary/aromatic N) is 2. The van der Waals surface area contributed by atoms with Crippen LogP contribution in [-0.4, -0.2) is 49.2 Å². The first-order valence-corrected chi connectivity index (χ1v) is 9.84. The zero-order chi connectivity index (χ0) is 18.8. The smallest absolute Gasteiger partial charge is 0.0934 e. The monoisotopic (exact) mass is 358 g/mol. The van der Waals surface area contributed by atoms with Gasteiger partial charge in [0.05, 0.1) is 30.6 Å². The third-order valence-electron chi connectivity index (χ3n) is 5.48. The van der Waals surface area contributed by atoms with Crippen LogP contribution in [-0.2, 0) is 9.47 Å². The molecule has 0 saturated carbocycles. The molecule has 0 radical (unpaired) electrons. The number of hydrazone groups is 1. The molecule has 4 heteroatoms. The summed E-state index contributed by atoms with van der Waals surface area (Å²) in [5, 5.41) is 7.30. The number of allylic oxidation sites excluding steroid dienone is 1. The molecule has 2 rings (SSSR count). The lowest BCUT2D eigenvalue weighted by molar-refractivity contribution is -0.0732. The number of rotatable bonds is 10. The molecule has 0 aromatic heterocycles. The second-order valence-electron chi connectivity index (χ2n) is 6.79. The summed E-state index contributed by atoms with van der Waals surface area (Å²) in [5.41, 5.74) is 1.97. The van der Waals surface area contributed by atoms with Crippen molar-refractivity contribution in [1.29, 1.82) is 0 Å². The number of methoxy groups -OCH3 is 1. The molecule has 0 spiro atoms. The van der Waals surface area contributed by atoms with Crippen molar-refractivity contribution in [1.82, 2.24) is 5.01 Å². The van der Waals surface area contributed by atoms with Crippen LogP contribution in [0.3, 0.4) is 0 Å². The third kappa shape index (κ3) is 4.95. The second-order valence-corrected chi connectivity index (χ2v) is 6.79. The highest BCUT2D eigenvalue weighted by Gasteiger charge is 2.42. The molecule has 0 aliphatic carbocycles. The van der Waals surface area contributed by atoms with Crippen LogP contribution < -0.4 is 0 Å². The van der Waals surface area contributed by atoms with Gasteiger partial charge in [-0.1, -0.05) is 56.3 Å². The van der Waals surface area contributed by atoms with Crippen LogP contribution in [0.15, 0.2) is 47.6 Å². The Balaban J connectivity index is 2.26. The van der Waals surface area contributed by atoms with Gasteiger partial charge in [0.2, 0.25) is 0 Å². The number of ether oxygens (including phenoxy) is 2. The molecule has 1 heterocycles. The minimum absolute atomic E-state index is 0.131. The SMILES string of the molecule is C/C=C/COC/C(=N/N1CCC[C@H]1C(CC)(CC)OC)c1ccccc1. The van der Waals surface area contributed by atoms with Crippen LogP contribution in [0.2, 0.25) is 0 Å². The normalized spacial score (nSPS) is 18.8. The molecule has 0 bridgehead atoms. The highest BCUT2D eigenvalue weighted by atomic mass is 16.5. The predicted octanol–water partition coefficient (Wildman–Crippen LogP) is 4.65. The summed E-state index contributed by atoms with van der Waals surface area (Å²) in [5.74, 6) is 0. The molecule has 4 nitrogen and oxygen atoms in total. The lowest BCUT2D eigenvalue weighted by Gasteiger charge is -2.40. The highest BCUT2D eigenvalue weighted by molar-refractivity contribution is 6.01. The van der Waals surface area contributed by atoms with Crippen LogP contribution in [0, 0.1) is 0 Å². The van der Waals surface area contributed by atoms with Crippen molar-refractivity contribution >= 4 is 5.71 Å². The van der Waals surface area contributed by atoms with Gasteiger partial charge in [0.25, 0.3) is 0 Å². The Labute approximate surface area is 158 Å². The van der Waals surface area contributed by atoms with E-state index in [0.717, 1.165) is 43.5 Å². The summed E-state index contributed by atoms with van der Waals surface area (Å²) in [7, 11) is 1.84. The third-order valence-corrected chi connectivity index (χ3v) is 5.48. The van der Waals surface area contributed by atoms with Crippen molar-refractivity contribution in [3.05, 3.63) is 48.0 Å². The van der Waals surface area contributed by atoms with Gasteiger partial charge < -0.3 is 9.47 Å². The quantitative estimate of drug-likeness (QED) is 0.347. The van der Waals surface area contributed by atoms with E-state index in [1.165, 1.54) is 0 Å². The molecule has 1 saturated heterocycles. The Morgan fingerprint density at radius 2 is 2.00 bits per heavy atom. The van der Waals surface area contributed by atoms with Gasteiger partial charge in [-0.15, -0.1) is 0 Å². The topological polar surface area (TPSA) is 34.1 Å². The molecular formula is C22H34N2O2. The first-order valence-electron chi connectivity index (χ1n) is 9.84. The van der Waals surface area contributed by atoms with Crippen molar-refractivity contribution in [2.75, 3.05) is 26.9 Å². The highest BCUT2D eigenvalue weighted by Crippen LogP contribution is 2.35. The lowest BCUT2D eigenvalue weighted by Crippen LogP contribution is -2.49. The summed E-state index contributed by atoms with van der Waals surface area (Å²) in [6, 6.07) is 10.7. The number of benzene rings is 1. The summed E-state index contributed by atoms with van der Waals surface area (Å²) >= 11 is 0. The molecule has 0 unspecified atom stereocenters. The molecule has 1 aliphatic heterocycles. The lowest BCUT2D eigenvalue weighted by atomic mass is 9.87. The van der Waals surface area contributed by atoms with Gasteiger partial charge >= 0.3 is 0 Å². The van der Waals surface area contributed by atoms with E-state index in [0.29, 0.717) is 19.3 Å². The summed E-state index contributed by atoms with van der Waals surface area (Å²) < 4.78 is 11.8. The summed E-state index contributed by atoms with van der Waals surface area (Å²) in [4.78, 5) is 0. The van der Waals surface area contributed by atoms with E-state index in [2.05, 4.69) is 43.1 Å². The van der Waals surface area contributed by atoms with E-state index < -0.39 is 0 Å². The van der Waals surface area contributed by atoms with Crippen molar-refractivity contribution in [3.63, 3.8) is 0 Å². The Hall–Kier alpha value is -1.65. The van der Waals surface area contributed by atoms with Crippen LogP contribution in [0.5, 0.6) is 0 Å². The van der Waals surface area contributed by atoms with Gasteiger partial charge in [-0.3, -0.25) is 5.01 Å². The van der Waals surface area contributed by atoms with Crippen LogP contribution in [0.1, 0.15) is 52.0 Å². The van der Waals surface area contributed by atoms with Crippen LogP contribution in [0.25, 0.3) is 0 Å². The molecule has 144 valence electrons. The van der Waals surface area contributed by atoms with Crippen molar-refractivity contribution in [2.24, 2.45) is 5.10 Å². The average molecular weight is 359 g/mol. The average Bonchev–Trinajstić information content (AvgIpc) is 3.16. The van der Waals surface area contributed by atoms with Gasteiger partial charge in [-0.25, -0.2) is 0 Å². The van der Waals surface area contributed by atoms with Crippen molar-refractivity contribution in [2.45, 2.75) is 58.1 Å². The Bertz CT molecular complexity index is 571. The first-order chi connectivity index (χ1) is 12.7. The van der Waals surface area contributed by atoms with E-state index in [-0.39, 0.29) is 5.60 Å². The van der Waals surface area contributed by atoms with Gasteiger partial charge in [0.1, 0.15) is 0 Å². The van der Waals surface area contributed by atoms with Gasteiger partial charge in [0, 0.05) is 19.2 Å². The van der Waals surface area contributed by atoms with E-state index in [4.69, 9.17) is 14.6 Å². The molecule has 1 aromatic carbocycles. The zero-order valence-electron chi connectivity index (χ0n) is 16.8. The van der Waals surface area contributed by atoms with Crippen molar-refractivity contribution in [3.8, 4) is 0 Å². The molecule has 1 aromatic rings. The molecule has 0 N–H and O–H groups in total. The first kappa shape index (κ1) is 20.7. The maximum atomic E-state index is 6.00. The Kier molecular flexibility index (Phi) is 8.33. The van der Waals surface area contributed by atoms with Crippen LogP contribution >= 0.6 is 0 Å². The van der Waals surface area contributed by atoms with Gasteiger partial charge in [-0.05, 0) is 32.6 Å². The fourth-order valence-corrected chi connectivity index (χ4v) is 3.83. The molecule has 1 atom stereocenters. The van der Waals surface area contributed by atoms with Gasteiger partial charge in [0.15, 0.2) is 0 Å². The van der Waals surface area contributed by atoms with E-state index in [1.807, 2.05) is 32.3 Å². The summed E-state index contributed by atoms with van der Waals surface area (Å²) in [6.07, 6.45) is 8.29. The molecule has 0 amide bonds. The fourth-order valence-electron chi connectivity index (χ4n) is 3.83. The fraction of sp³-hybridized carbons (Fsp3) is 0.591. The maximum Gasteiger partial charge on any atom is 0.0934 e. The minimum Gasteiger partial charge on any atom is -0.376 e. The molecule has 26 heavy (non-hydrogen) atoms. The van der Waals surface area contributed by atoms with E-state index in [9.17, 15) is 0 Å². The molecular weight excluding hydrogens is 324 g/mol. The van der Waals surface area contributed by atoms with Crippen LogP contribution in [0.4, 0.5) is 0 Å². The number of hydrogen-bond donors (Lipinski definition) is 0. The minimum atomic E-state index is -0.131. The standard InChI is InChI=1S/C22H34N2O2/c1-5-8-17-26-18-20(19-13-10-9-11-14-19)23-24-16-12-15-21(24)22(6-2,7-3)25-4/h5,8-11,13-14,21H,6-7,12,15-18H2,1-4H3/b8-5+,23-20-/t21-/m0/s1. The van der Waals surface area contributed by atoms with E-state index in [1.54, 1.807) is 0 Å². The summed E-state index contributed by atoms with van der Waals surface area (Å²) in [6.45, 7) is 8.52. The number of hydrogen-bond acceptors (Lipinski definition) is 4. The molecule has 1 fully saturated rings. The van der Waals surface area contributed by atoms with Crippen molar-refractivity contribution < 1.29 is 9.47 Å². The predicted molar refractivity (Wildman–Crippen MR) is 109 cm³/mol. The largest absolute Gasteiger partial charge is 0.376 e. The Morgan fingerprint density at radius 1 is 1.27 bits per heavy atom. The Morgan fingerprint density at radius 3 is 2.62 bits per heavy atom. The maximum absolute atomic E-state index is 6.00.